The van der Waals surface area contributed by atoms with Crippen molar-refractivity contribution in [1.29, 1.82) is 0 Å². The van der Waals surface area contributed by atoms with Gasteiger partial charge in [0.1, 0.15) is 5.75 Å². The van der Waals surface area contributed by atoms with Crippen LogP contribution in [-0.4, -0.2) is 17.2 Å². The molecular formula is C18H25NO2. The van der Waals surface area contributed by atoms with Crippen molar-refractivity contribution in [1.82, 2.24) is 4.98 Å². The summed E-state index contributed by atoms with van der Waals surface area (Å²) in [6.45, 7) is 0. The maximum Gasteiger partial charge on any atom is 0.137 e. The fraction of sp³-hybridized carbons (Fsp3) is 0.722. The molecule has 1 N–H and O–H groups in total. The molecule has 1 unspecified atom stereocenters. The normalized spacial score (nSPS) is 38.5. The molecule has 1 atom stereocenters. The first kappa shape index (κ1) is 13.6. The van der Waals surface area contributed by atoms with Gasteiger partial charge in [0.2, 0.25) is 0 Å². The SMILES string of the molecule is COc1cncc(C(O)CC23CC4CC(CC(C4)C2)C3)c1. The molecule has 1 aromatic heterocycles. The fourth-order valence-corrected chi connectivity index (χ4v) is 5.80. The van der Waals surface area contributed by atoms with E-state index in [9.17, 15) is 5.11 Å². The minimum atomic E-state index is -0.399. The third-order valence-electron chi connectivity index (χ3n) is 6.15. The molecule has 3 heteroatoms. The zero-order valence-electron chi connectivity index (χ0n) is 12.8. The second-order valence-corrected chi connectivity index (χ2v) is 7.80. The lowest BCUT2D eigenvalue weighted by molar-refractivity contribution is -0.0764. The van der Waals surface area contributed by atoms with Gasteiger partial charge in [-0.2, -0.15) is 0 Å². The molecule has 0 radical (unpaired) electrons. The number of hydrogen-bond donors (Lipinski definition) is 1. The van der Waals surface area contributed by atoms with E-state index < -0.39 is 6.10 Å². The lowest BCUT2D eigenvalue weighted by Gasteiger charge is -2.57. The summed E-state index contributed by atoms with van der Waals surface area (Å²) >= 11 is 0. The van der Waals surface area contributed by atoms with Gasteiger partial charge in [0, 0.05) is 11.8 Å². The summed E-state index contributed by atoms with van der Waals surface area (Å²) in [5, 5.41) is 10.7. The lowest BCUT2D eigenvalue weighted by atomic mass is 9.48. The molecule has 4 aliphatic carbocycles. The Labute approximate surface area is 126 Å². The highest BCUT2D eigenvalue weighted by atomic mass is 16.5. The first-order chi connectivity index (χ1) is 10.2. The second-order valence-electron chi connectivity index (χ2n) is 7.80. The summed E-state index contributed by atoms with van der Waals surface area (Å²) in [5.41, 5.74) is 1.31. The summed E-state index contributed by atoms with van der Waals surface area (Å²) < 4.78 is 5.23. The molecule has 1 heterocycles. The van der Waals surface area contributed by atoms with Crippen LogP contribution in [0.1, 0.15) is 56.6 Å². The number of nitrogens with zero attached hydrogens (tertiary/aromatic N) is 1. The highest BCUT2D eigenvalue weighted by Crippen LogP contribution is 2.62. The largest absolute Gasteiger partial charge is 0.495 e. The van der Waals surface area contributed by atoms with Gasteiger partial charge < -0.3 is 9.84 Å². The van der Waals surface area contributed by atoms with Crippen molar-refractivity contribution >= 4 is 0 Å². The molecule has 4 saturated carbocycles. The minimum absolute atomic E-state index is 0.399. The van der Waals surface area contributed by atoms with Crippen molar-refractivity contribution in [3.05, 3.63) is 24.0 Å². The average Bonchev–Trinajstić information content (AvgIpc) is 2.45. The number of hydrogen-bond acceptors (Lipinski definition) is 3. The van der Waals surface area contributed by atoms with Crippen LogP contribution < -0.4 is 4.74 Å². The van der Waals surface area contributed by atoms with Crippen LogP contribution >= 0.6 is 0 Å². The number of aromatic nitrogens is 1. The molecule has 0 spiro atoms. The molecule has 21 heavy (non-hydrogen) atoms. The Hall–Kier alpha value is -1.09. The monoisotopic (exact) mass is 287 g/mol. The summed E-state index contributed by atoms with van der Waals surface area (Å²) in [5.74, 6) is 3.54. The van der Waals surface area contributed by atoms with Crippen molar-refractivity contribution in [2.24, 2.45) is 23.2 Å². The molecule has 3 nitrogen and oxygen atoms in total. The van der Waals surface area contributed by atoms with Crippen molar-refractivity contribution in [3.63, 3.8) is 0 Å². The third kappa shape index (κ3) is 2.46. The van der Waals surface area contributed by atoms with E-state index in [1.807, 2.05) is 6.07 Å². The maximum absolute atomic E-state index is 10.7. The zero-order valence-corrected chi connectivity index (χ0v) is 12.8. The number of aliphatic hydroxyl groups is 1. The van der Waals surface area contributed by atoms with E-state index in [0.29, 0.717) is 5.41 Å². The van der Waals surface area contributed by atoms with Gasteiger partial charge in [0.15, 0.2) is 0 Å². The summed E-state index contributed by atoms with van der Waals surface area (Å²) in [7, 11) is 1.65. The highest BCUT2D eigenvalue weighted by Gasteiger charge is 2.51. The van der Waals surface area contributed by atoms with E-state index in [1.54, 1.807) is 19.5 Å². The average molecular weight is 287 g/mol. The topological polar surface area (TPSA) is 42.4 Å². The minimum Gasteiger partial charge on any atom is -0.495 e. The standard InChI is InChI=1S/C18H25NO2/c1-21-16-5-15(10-19-11-16)17(20)9-18-6-12-2-13(7-18)4-14(3-12)8-18/h5,10-14,17,20H,2-4,6-9H2,1H3. The molecule has 4 aliphatic rings. The Balaban J connectivity index is 1.52. The van der Waals surface area contributed by atoms with Crippen LogP contribution in [0.15, 0.2) is 18.5 Å². The molecule has 1 aromatic rings. The molecule has 0 saturated heterocycles. The zero-order chi connectivity index (χ0) is 14.4. The first-order valence-corrected chi connectivity index (χ1v) is 8.33. The molecule has 0 amide bonds. The number of aliphatic hydroxyl groups excluding tert-OH is 1. The number of pyridine rings is 1. The Bertz CT molecular complexity index is 492. The van der Waals surface area contributed by atoms with Gasteiger partial charge in [-0.1, -0.05) is 0 Å². The predicted molar refractivity (Wildman–Crippen MR) is 81.0 cm³/mol. The van der Waals surface area contributed by atoms with Gasteiger partial charge in [-0.3, -0.25) is 4.98 Å². The van der Waals surface area contributed by atoms with Crippen LogP contribution in [-0.2, 0) is 0 Å². The number of methoxy groups -OCH3 is 1. The summed E-state index contributed by atoms with van der Waals surface area (Å²) in [6, 6.07) is 1.93. The Morgan fingerprint density at radius 2 is 1.81 bits per heavy atom. The Morgan fingerprint density at radius 1 is 1.19 bits per heavy atom. The lowest BCUT2D eigenvalue weighted by Crippen LogP contribution is -2.46. The third-order valence-corrected chi connectivity index (χ3v) is 6.15. The van der Waals surface area contributed by atoms with Gasteiger partial charge in [0.25, 0.3) is 0 Å². The van der Waals surface area contributed by atoms with E-state index in [4.69, 9.17) is 4.74 Å². The second kappa shape index (κ2) is 4.98. The number of ether oxygens (including phenoxy) is 1. The summed E-state index contributed by atoms with van der Waals surface area (Å²) in [6.07, 6.45) is 12.4. The van der Waals surface area contributed by atoms with Gasteiger partial charge >= 0.3 is 0 Å². The molecule has 114 valence electrons. The van der Waals surface area contributed by atoms with E-state index in [2.05, 4.69) is 4.98 Å². The van der Waals surface area contributed by atoms with Crippen LogP contribution in [0.4, 0.5) is 0 Å². The quantitative estimate of drug-likeness (QED) is 0.917. The Morgan fingerprint density at radius 3 is 2.38 bits per heavy atom. The molecule has 4 bridgehead atoms. The number of rotatable bonds is 4. The van der Waals surface area contributed by atoms with Crippen molar-refractivity contribution in [3.8, 4) is 5.75 Å². The van der Waals surface area contributed by atoms with Crippen LogP contribution in [0.5, 0.6) is 5.75 Å². The van der Waals surface area contributed by atoms with Crippen molar-refractivity contribution < 1.29 is 9.84 Å². The van der Waals surface area contributed by atoms with Crippen LogP contribution in [0.3, 0.4) is 0 Å². The summed E-state index contributed by atoms with van der Waals surface area (Å²) in [4.78, 5) is 4.19. The van der Waals surface area contributed by atoms with Crippen LogP contribution in [0.2, 0.25) is 0 Å². The first-order valence-electron chi connectivity index (χ1n) is 8.33. The van der Waals surface area contributed by atoms with Gasteiger partial charge in [-0.05, 0) is 74.2 Å². The molecule has 5 rings (SSSR count). The predicted octanol–water partition coefficient (Wildman–Crippen LogP) is 3.73. The van der Waals surface area contributed by atoms with Gasteiger partial charge in [-0.25, -0.2) is 0 Å². The Kier molecular flexibility index (Phi) is 3.21. The van der Waals surface area contributed by atoms with Crippen molar-refractivity contribution in [2.75, 3.05) is 7.11 Å². The molecule has 4 fully saturated rings. The van der Waals surface area contributed by atoms with E-state index >= 15 is 0 Å². The van der Waals surface area contributed by atoms with Crippen LogP contribution in [0.25, 0.3) is 0 Å². The maximum atomic E-state index is 10.7. The van der Waals surface area contributed by atoms with Gasteiger partial charge in [0.05, 0.1) is 19.4 Å². The van der Waals surface area contributed by atoms with E-state index in [1.165, 1.54) is 38.5 Å². The van der Waals surface area contributed by atoms with E-state index in [0.717, 1.165) is 35.5 Å². The van der Waals surface area contributed by atoms with Crippen LogP contribution in [0, 0.1) is 23.2 Å². The smallest absolute Gasteiger partial charge is 0.137 e. The van der Waals surface area contributed by atoms with E-state index in [-0.39, 0.29) is 0 Å². The van der Waals surface area contributed by atoms with Crippen molar-refractivity contribution in [2.45, 2.75) is 51.0 Å². The van der Waals surface area contributed by atoms with Gasteiger partial charge in [-0.15, -0.1) is 0 Å². The molecule has 0 aromatic carbocycles. The fourth-order valence-electron chi connectivity index (χ4n) is 5.80. The molecule has 0 aliphatic heterocycles. The molecular weight excluding hydrogens is 262 g/mol. The highest BCUT2D eigenvalue weighted by molar-refractivity contribution is 5.25.